The van der Waals surface area contributed by atoms with Crippen molar-refractivity contribution in [3.63, 3.8) is 0 Å². The third kappa shape index (κ3) is 15.4. The SMILES string of the molecule is Cc1c(COc2nc(OCc3cc(C#N)cc(C#N)c3)c(CNCC(O)CC(=O)O)cc2Cl)cccc1-c1cccc(COc2nc(OCc3cc(C#N)cc(C#N)c3)c(CNCC(O)CC(=O)O)cc2Cl)c1C. The molecule has 0 saturated carbocycles. The van der Waals surface area contributed by atoms with Gasteiger partial charge in [0.1, 0.15) is 36.5 Å². The summed E-state index contributed by atoms with van der Waals surface area (Å²) in [6.07, 6.45) is -3.21. The number of carbonyl (C=O) groups is 2. The number of nitrogens with zero attached hydrogens (tertiary/aromatic N) is 6. The third-order valence-electron chi connectivity index (χ3n) is 11.3. The average molecular weight is 1040 g/mol. The van der Waals surface area contributed by atoms with Gasteiger partial charge in [-0.1, -0.05) is 59.6 Å². The predicted molar refractivity (Wildman–Crippen MR) is 269 cm³/mol. The molecule has 20 heteroatoms. The molecule has 2 atom stereocenters. The van der Waals surface area contributed by atoms with Crippen LogP contribution in [0.15, 0.2) is 84.9 Å². The molecule has 6 rings (SSSR count). The number of nitrogens with one attached hydrogen (secondary N) is 2. The number of aromatic nitrogens is 2. The third-order valence-corrected chi connectivity index (χ3v) is 11.9. The van der Waals surface area contributed by atoms with E-state index in [9.17, 15) is 40.8 Å². The zero-order chi connectivity index (χ0) is 53.3. The lowest BCUT2D eigenvalue weighted by atomic mass is 9.92. The Balaban J connectivity index is 1.20. The Hall–Kier alpha value is -8.30. The molecule has 6 aromatic rings. The second-order valence-electron chi connectivity index (χ2n) is 16.9. The van der Waals surface area contributed by atoms with Gasteiger partial charge < -0.3 is 50.0 Å². The first-order valence-electron chi connectivity index (χ1n) is 22.7. The van der Waals surface area contributed by atoms with Crippen molar-refractivity contribution in [2.24, 2.45) is 0 Å². The fourth-order valence-corrected chi connectivity index (χ4v) is 8.11. The van der Waals surface area contributed by atoms with Crippen LogP contribution < -0.4 is 29.6 Å². The average Bonchev–Trinajstić information content (AvgIpc) is 3.37. The molecule has 0 aliphatic carbocycles. The fourth-order valence-electron chi connectivity index (χ4n) is 7.66. The van der Waals surface area contributed by atoms with E-state index < -0.39 is 37.0 Å². The van der Waals surface area contributed by atoms with Gasteiger partial charge in [0.05, 0.1) is 71.6 Å². The van der Waals surface area contributed by atoms with E-state index in [-0.39, 0.29) is 108 Å². The number of pyridine rings is 2. The van der Waals surface area contributed by atoms with E-state index in [1.807, 2.05) is 74.5 Å². The number of rotatable bonds is 25. The highest BCUT2D eigenvalue weighted by atomic mass is 35.5. The number of hydrogen-bond acceptors (Lipinski definition) is 16. The van der Waals surface area contributed by atoms with Crippen LogP contribution in [-0.2, 0) is 49.1 Å². The first-order valence-corrected chi connectivity index (χ1v) is 23.5. The Bertz CT molecular complexity index is 2940. The molecule has 0 saturated heterocycles. The summed E-state index contributed by atoms with van der Waals surface area (Å²) in [4.78, 5) is 31.4. The van der Waals surface area contributed by atoms with Gasteiger partial charge in [0.25, 0.3) is 0 Å². The number of carboxylic acids is 2. The van der Waals surface area contributed by atoms with Crippen molar-refractivity contribution < 1.29 is 49.0 Å². The van der Waals surface area contributed by atoms with Crippen LogP contribution in [0.1, 0.15) is 79.6 Å². The second kappa shape index (κ2) is 26.4. The minimum atomic E-state index is -1.15. The van der Waals surface area contributed by atoms with Crippen molar-refractivity contribution >= 4 is 35.1 Å². The van der Waals surface area contributed by atoms with Crippen molar-refractivity contribution in [1.29, 1.82) is 21.0 Å². The molecule has 2 unspecified atom stereocenters. The van der Waals surface area contributed by atoms with E-state index in [1.165, 1.54) is 12.1 Å². The largest absolute Gasteiger partial charge is 0.481 e. The van der Waals surface area contributed by atoms with E-state index in [2.05, 4.69) is 20.6 Å². The van der Waals surface area contributed by atoms with Crippen LogP contribution in [0, 0.1) is 59.2 Å². The van der Waals surface area contributed by atoms with Crippen LogP contribution in [-0.4, -0.2) is 67.6 Å². The van der Waals surface area contributed by atoms with E-state index in [0.29, 0.717) is 22.3 Å². The van der Waals surface area contributed by atoms with Gasteiger partial charge in [-0.05, 0) is 107 Å². The number of nitriles is 4. The maximum Gasteiger partial charge on any atom is 0.306 e. The summed E-state index contributed by atoms with van der Waals surface area (Å²) in [6, 6.07) is 32.2. The van der Waals surface area contributed by atoms with Crippen molar-refractivity contribution in [3.05, 3.63) is 162 Å². The van der Waals surface area contributed by atoms with Crippen molar-refractivity contribution in [2.45, 2.75) is 78.4 Å². The highest BCUT2D eigenvalue weighted by molar-refractivity contribution is 6.32. The van der Waals surface area contributed by atoms with Gasteiger partial charge in [-0.2, -0.15) is 31.0 Å². The van der Waals surface area contributed by atoms with Gasteiger partial charge in [0, 0.05) is 37.3 Å². The smallest absolute Gasteiger partial charge is 0.306 e. The molecule has 0 radical (unpaired) electrons. The Labute approximate surface area is 436 Å². The maximum absolute atomic E-state index is 11.1. The Kier molecular flexibility index (Phi) is 19.6. The summed E-state index contributed by atoms with van der Waals surface area (Å²) in [5, 5.41) is 82.6. The van der Waals surface area contributed by atoms with E-state index in [1.54, 1.807) is 36.4 Å². The quantitative estimate of drug-likeness (QED) is 0.0320. The molecule has 0 aliphatic rings. The number of carboxylic acid groups (broad SMARTS) is 2. The highest BCUT2D eigenvalue weighted by Crippen LogP contribution is 2.35. The number of halogens is 2. The molecule has 6 N–H and O–H groups in total. The van der Waals surface area contributed by atoms with Crippen LogP contribution in [0.25, 0.3) is 11.1 Å². The summed E-state index contributed by atoms with van der Waals surface area (Å²) in [6.45, 7) is 3.98. The van der Waals surface area contributed by atoms with Gasteiger partial charge >= 0.3 is 11.9 Å². The lowest BCUT2D eigenvalue weighted by molar-refractivity contribution is -0.140. The molecular formula is C54H48Cl2N8O10. The van der Waals surface area contributed by atoms with Crippen molar-refractivity contribution in [2.75, 3.05) is 13.1 Å². The maximum atomic E-state index is 11.1. The molecule has 0 spiro atoms. The normalized spacial score (nSPS) is 11.5. The van der Waals surface area contributed by atoms with E-state index in [4.69, 9.17) is 52.4 Å². The first kappa shape index (κ1) is 55.0. The van der Waals surface area contributed by atoms with Gasteiger partial charge in [-0.3, -0.25) is 9.59 Å². The number of benzene rings is 4. The number of aliphatic hydroxyl groups is 2. The summed E-state index contributed by atoms with van der Waals surface area (Å²) < 4.78 is 24.7. The van der Waals surface area contributed by atoms with Gasteiger partial charge in [-0.15, -0.1) is 0 Å². The molecule has 0 amide bonds. The standard InChI is InChI=1S/C54H48Cl2N8O10/c1-31-39(29-73-53-47(55)15-41(23-61-25-43(65)17-49(67)68)51(63-53)71-27-37-11-33(19-57)9-34(12-37)20-58)5-3-7-45(31)46-8-4-6-40(32(46)2)30-74-54-48(56)16-42(24-62-26-44(66)18-50(69)70)52(64-54)72-28-38-13-35(21-59)10-36(14-38)22-60/h3-16,43-44,61-62,65-66H,17-18,23-30H2,1-2H3,(H,67,68)(H,69,70). The Morgan fingerprint density at radius 2 is 0.892 bits per heavy atom. The second-order valence-corrected chi connectivity index (χ2v) is 17.7. The summed E-state index contributed by atoms with van der Waals surface area (Å²) >= 11 is 13.5. The van der Waals surface area contributed by atoms with Crippen molar-refractivity contribution in [1.82, 2.24) is 20.6 Å². The molecule has 2 heterocycles. The molecule has 4 aromatic carbocycles. The number of aliphatic carboxylic acids is 2. The highest BCUT2D eigenvalue weighted by Gasteiger charge is 2.20. The van der Waals surface area contributed by atoms with E-state index >= 15 is 0 Å². The van der Waals surface area contributed by atoms with Crippen LogP contribution in [0.5, 0.6) is 23.5 Å². The molecule has 18 nitrogen and oxygen atoms in total. The number of ether oxygens (including phenoxy) is 4. The lowest BCUT2D eigenvalue weighted by Gasteiger charge is -2.18. The van der Waals surface area contributed by atoms with Gasteiger partial charge in [0.15, 0.2) is 0 Å². The molecule has 378 valence electrons. The van der Waals surface area contributed by atoms with Gasteiger partial charge in [-0.25, -0.2) is 0 Å². The number of aliphatic hydroxyl groups excluding tert-OH is 2. The van der Waals surface area contributed by atoms with Gasteiger partial charge in [0.2, 0.25) is 23.5 Å². The summed E-state index contributed by atoms with van der Waals surface area (Å²) in [7, 11) is 0. The molecule has 0 aliphatic heterocycles. The van der Waals surface area contributed by atoms with Crippen LogP contribution in [0.2, 0.25) is 10.0 Å². The zero-order valence-corrected chi connectivity index (χ0v) is 41.5. The van der Waals surface area contributed by atoms with Crippen LogP contribution in [0.4, 0.5) is 0 Å². The molecule has 2 aromatic heterocycles. The Morgan fingerprint density at radius 1 is 0.541 bits per heavy atom. The molecule has 0 fully saturated rings. The zero-order valence-electron chi connectivity index (χ0n) is 40.0. The lowest BCUT2D eigenvalue weighted by Crippen LogP contribution is -2.28. The monoisotopic (exact) mass is 1040 g/mol. The van der Waals surface area contributed by atoms with Crippen molar-refractivity contribution in [3.8, 4) is 58.9 Å². The van der Waals surface area contributed by atoms with Crippen LogP contribution >= 0.6 is 23.2 Å². The van der Waals surface area contributed by atoms with Crippen LogP contribution in [0.3, 0.4) is 0 Å². The summed E-state index contributed by atoms with van der Waals surface area (Å²) in [5.41, 5.74) is 8.39. The fraction of sp³-hybridized carbons (Fsp3) is 0.259. The predicted octanol–water partition coefficient (Wildman–Crippen LogP) is 7.72. The Morgan fingerprint density at radius 3 is 1.23 bits per heavy atom. The topological polar surface area (TPSA) is 297 Å². The van der Waals surface area contributed by atoms with E-state index in [0.717, 1.165) is 33.4 Å². The molecule has 0 bridgehead atoms. The summed E-state index contributed by atoms with van der Waals surface area (Å²) in [5.74, 6) is -1.96. The minimum absolute atomic E-state index is 0.0419. The minimum Gasteiger partial charge on any atom is -0.481 e. The molecular weight excluding hydrogens is 992 g/mol. The number of hydrogen-bond donors (Lipinski definition) is 6. The molecule has 74 heavy (non-hydrogen) atoms. The first-order chi connectivity index (χ1) is 35.6.